The molecular weight excluding hydrogens is 757 g/mol. The summed E-state index contributed by atoms with van der Waals surface area (Å²) >= 11 is 0. The molecule has 0 fully saturated rings. The molecule has 0 radical (unpaired) electrons. The average Bonchev–Trinajstić information content (AvgIpc) is 3.79. The van der Waals surface area contributed by atoms with E-state index < -0.39 is 0 Å². The number of hydrogen-bond acceptors (Lipinski definition) is 0. The standard InChI is InChI=1S/C63H48/c1-61(2)52-26-16-14-21-41(52)48-34-56-49(35-55(48)61)42-30-28-39(33-54(42)63(56,5)6)38-29-31-46-50(32-38)59(45-24-13-12-23-44(45)58(46)37-18-8-7-9-19-37)51-36-57-60(43-22-11-10-20-40(43)51)47-25-15-17-27-53(47)62(57,3)4/h7-36H,1-6H3. The quantitative estimate of drug-likeness (QED) is 0.156. The maximum Gasteiger partial charge on any atom is 0.0159 e. The molecule has 10 aromatic carbocycles. The molecule has 0 saturated heterocycles. The molecule has 3 aliphatic carbocycles. The highest BCUT2D eigenvalue weighted by atomic mass is 14.4. The summed E-state index contributed by atoms with van der Waals surface area (Å²) in [5.74, 6) is 0. The molecule has 0 heteroatoms. The molecule has 0 unspecified atom stereocenters. The van der Waals surface area contributed by atoms with Gasteiger partial charge in [-0.1, -0.05) is 193 Å². The second-order valence-corrected chi connectivity index (χ2v) is 20.0. The predicted molar refractivity (Wildman–Crippen MR) is 268 cm³/mol. The normalized spacial score (nSPS) is 15.5. The highest BCUT2D eigenvalue weighted by molar-refractivity contribution is 6.25. The highest BCUT2D eigenvalue weighted by Crippen LogP contribution is 2.58. The van der Waals surface area contributed by atoms with Gasteiger partial charge in [-0.05, 0) is 163 Å². The second kappa shape index (κ2) is 12.6. The topological polar surface area (TPSA) is 0 Å². The van der Waals surface area contributed by atoms with Gasteiger partial charge in [0.15, 0.2) is 0 Å². The first-order valence-electron chi connectivity index (χ1n) is 22.7. The van der Waals surface area contributed by atoms with E-state index in [1.807, 2.05) is 0 Å². The first kappa shape index (κ1) is 36.6. The third-order valence-corrected chi connectivity index (χ3v) is 15.7. The third-order valence-electron chi connectivity index (χ3n) is 15.7. The fourth-order valence-corrected chi connectivity index (χ4v) is 12.4. The SMILES string of the molecule is CC1(C)c2ccccc2-c2cc3c(cc21)-c1ccc(-c2ccc4c(-c5ccccc5)c5ccccc5c(-c5cc6c(c7ccccc57)-c5ccccc5C6(C)C)c4c2)cc1C3(C)C. The Morgan fingerprint density at radius 3 is 1.37 bits per heavy atom. The van der Waals surface area contributed by atoms with Gasteiger partial charge >= 0.3 is 0 Å². The molecule has 10 aromatic rings. The van der Waals surface area contributed by atoms with Crippen molar-refractivity contribution < 1.29 is 0 Å². The van der Waals surface area contributed by atoms with Gasteiger partial charge in [-0.3, -0.25) is 0 Å². The Bertz CT molecular complexity index is 3630. The summed E-state index contributed by atoms with van der Waals surface area (Å²) in [5, 5.41) is 7.73. The van der Waals surface area contributed by atoms with Crippen molar-refractivity contribution in [2.24, 2.45) is 0 Å². The summed E-state index contributed by atoms with van der Waals surface area (Å²) < 4.78 is 0. The fraction of sp³-hybridized carbons (Fsp3) is 0.143. The van der Waals surface area contributed by atoms with E-state index in [2.05, 4.69) is 224 Å². The van der Waals surface area contributed by atoms with Crippen LogP contribution in [0.5, 0.6) is 0 Å². The van der Waals surface area contributed by atoms with Crippen LogP contribution in [0.25, 0.3) is 99.1 Å². The zero-order valence-electron chi connectivity index (χ0n) is 36.8. The molecule has 0 atom stereocenters. The number of rotatable bonds is 3. The molecule has 0 spiro atoms. The van der Waals surface area contributed by atoms with Gasteiger partial charge in [0.1, 0.15) is 0 Å². The Hall–Kier alpha value is -7.02. The van der Waals surface area contributed by atoms with Gasteiger partial charge in [-0.25, -0.2) is 0 Å². The van der Waals surface area contributed by atoms with Gasteiger partial charge in [0.25, 0.3) is 0 Å². The number of benzene rings is 10. The van der Waals surface area contributed by atoms with E-state index in [-0.39, 0.29) is 16.2 Å². The minimum absolute atomic E-state index is 0.0384. The van der Waals surface area contributed by atoms with Crippen molar-refractivity contribution in [2.45, 2.75) is 57.8 Å². The van der Waals surface area contributed by atoms with Crippen LogP contribution in [0.3, 0.4) is 0 Å². The zero-order chi connectivity index (χ0) is 42.6. The summed E-state index contributed by atoms with van der Waals surface area (Å²) in [5.41, 5.74) is 24.0. The Morgan fingerprint density at radius 1 is 0.222 bits per heavy atom. The molecular formula is C63H48. The lowest BCUT2D eigenvalue weighted by Crippen LogP contribution is -2.17. The van der Waals surface area contributed by atoms with Gasteiger partial charge in [-0.15, -0.1) is 0 Å². The van der Waals surface area contributed by atoms with Gasteiger partial charge in [-0.2, -0.15) is 0 Å². The van der Waals surface area contributed by atoms with Crippen LogP contribution in [0, 0.1) is 0 Å². The second-order valence-electron chi connectivity index (χ2n) is 20.0. The molecule has 0 nitrogen and oxygen atoms in total. The van der Waals surface area contributed by atoms with Gasteiger partial charge < -0.3 is 0 Å². The van der Waals surface area contributed by atoms with E-state index in [0.717, 1.165) is 0 Å². The molecule has 0 N–H and O–H groups in total. The number of hydrogen-bond donors (Lipinski definition) is 0. The molecule has 0 aliphatic heterocycles. The number of fused-ring (bicyclic) bond motifs is 13. The highest BCUT2D eigenvalue weighted by Gasteiger charge is 2.42. The van der Waals surface area contributed by atoms with Crippen LogP contribution in [0.1, 0.15) is 74.9 Å². The van der Waals surface area contributed by atoms with Gasteiger partial charge in [0, 0.05) is 16.2 Å². The molecule has 300 valence electrons. The van der Waals surface area contributed by atoms with E-state index in [1.165, 1.54) is 132 Å². The average molecular weight is 805 g/mol. The molecule has 63 heavy (non-hydrogen) atoms. The fourth-order valence-electron chi connectivity index (χ4n) is 12.4. The molecule has 13 rings (SSSR count). The van der Waals surface area contributed by atoms with Crippen molar-refractivity contribution in [2.75, 3.05) is 0 Å². The predicted octanol–water partition coefficient (Wildman–Crippen LogP) is 17.1. The van der Waals surface area contributed by atoms with Gasteiger partial charge in [0.05, 0.1) is 0 Å². The lowest BCUT2D eigenvalue weighted by atomic mass is 9.78. The summed E-state index contributed by atoms with van der Waals surface area (Å²) in [6, 6.07) is 69.5. The van der Waals surface area contributed by atoms with Crippen LogP contribution < -0.4 is 0 Å². The van der Waals surface area contributed by atoms with Crippen LogP contribution in [0.2, 0.25) is 0 Å². The van der Waals surface area contributed by atoms with E-state index >= 15 is 0 Å². The van der Waals surface area contributed by atoms with Crippen LogP contribution in [-0.4, -0.2) is 0 Å². The Balaban J connectivity index is 1.06. The Kier molecular flexibility index (Phi) is 7.29. The van der Waals surface area contributed by atoms with Crippen molar-refractivity contribution in [1.82, 2.24) is 0 Å². The summed E-state index contributed by atoms with van der Waals surface area (Å²) in [4.78, 5) is 0. The smallest absolute Gasteiger partial charge is 0.0159 e. The monoisotopic (exact) mass is 804 g/mol. The zero-order valence-corrected chi connectivity index (χ0v) is 36.8. The van der Waals surface area contributed by atoms with Crippen LogP contribution in [-0.2, 0) is 16.2 Å². The van der Waals surface area contributed by atoms with E-state index in [1.54, 1.807) is 0 Å². The van der Waals surface area contributed by atoms with Crippen LogP contribution in [0.15, 0.2) is 182 Å². The summed E-state index contributed by atoms with van der Waals surface area (Å²) in [6.07, 6.45) is 0. The van der Waals surface area contributed by atoms with Crippen molar-refractivity contribution >= 4 is 32.3 Å². The molecule has 0 amide bonds. The van der Waals surface area contributed by atoms with Crippen LogP contribution in [0.4, 0.5) is 0 Å². The minimum atomic E-state index is -0.149. The summed E-state index contributed by atoms with van der Waals surface area (Å²) in [7, 11) is 0. The van der Waals surface area contributed by atoms with Crippen molar-refractivity contribution in [3.8, 4) is 66.8 Å². The Labute approximate surface area is 370 Å². The molecule has 0 heterocycles. The lowest BCUT2D eigenvalue weighted by Gasteiger charge is -2.25. The van der Waals surface area contributed by atoms with Crippen molar-refractivity contribution in [3.05, 3.63) is 215 Å². The Morgan fingerprint density at radius 2 is 0.667 bits per heavy atom. The lowest BCUT2D eigenvalue weighted by molar-refractivity contribution is 0.652. The van der Waals surface area contributed by atoms with Gasteiger partial charge in [0.2, 0.25) is 0 Å². The van der Waals surface area contributed by atoms with Crippen molar-refractivity contribution in [3.63, 3.8) is 0 Å². The maximum atomic E-state index is 2.56. The third kappa shape index (κ3) is 4.82. The molecule has 0 saturated carbocycles. The molecule has 3 aliphatic rings. The molecule has 0 bridgehead atoms. The minimum Gasteiger partial charge on any atom is -0.0622 e. The van der Waals surface area contributed by atoms with E-state index in [9.17, 15) is 0 Å². The largest absolute Gasteiger partial charge is 0.0622 e. The summed E-state index contributed by atoms with van der Waals surface area (Å²) in [6.45, 7) is 14.4. The van der Waals surface area contributed by atoms with E-state index in [4.69, 9.17) is 0 Å². The maximum absolute atomic E-state index is 2.56. The van der Waals surface area contributed by atoms with Crippen molar-refractivity contribution in [1.29, 1.82) is 0 Å². The first-order chi connectivity index (χ1) is 30.5. The molecule has 0 aromatic heterocycles. The van der Waals surface area contributed by atoms with E-state index in [0.29, 0.717) is 0 Å². The first-order valence-corrected chi connectivity index (χ1v) is 22.7. The van der Waals surface area contributed by atoms with Crippen LogP contribution >= 0.6 is 0 Å².